The van der Waals surface area contributed by atoms with E-state index in [1.165, 1.54) is 0 Å². The zero-order valence-corrected chi connectivity index (χ0v) is 12.2. The highest BCUT2D eigenvalue weighted by atomic mass is 35.5. The van der Waals surface area contributed by atoms with Crippen molar-refractivity contribution in [3.63, 3.8) is 0 Å². The lowest BCUT2D eigenvalue weighted by molar-refractivity contribution is -0.191. The van der Waals surface area contributed by atoms with Crippen molar-refractivity contribution in [2.24, 2.45) is 11.7 Å². The van der Waals surface area contributed by atoms with Crippen LogP contribution in [0.15, 0.2) is 18.2 Å². The summed E-state index contributed by atoms with van der Waals surface area (Å²) >= 11 is 5.95. The largest absolute Gasteiger partial charge is 0.487 e. The van der Waals surface area contributed by atoms with Crippen LogP contribution in [-0.4, -0.2) is 11.8 Å². The molecule has 1 aromatic carbocycles. The number of nitrogens with two attached hydrogens (primary N) is 1. The number of rotatable bonds is 0. The molecule has 1 aromatic rings. The van der Waals surface area contributed by atoms with Crippen LogP contribution in [0.3, 0.4) is 0 Å². The predicted molar refractivity (Wildman–Crippen MR) is 74.4 cm³/mol. The van der Waals surface area contributed by atoms with Gasteiger partial charge in [-0.15, -0.1) is 0 Å². The maximum Gasteiger partial charge on any atom is 0.391 e. The molecule has 0 aromatic heterocycles. The minimum absolute atomic E-state index is 0.110. The van der Waals surface area contributed by atoms with Crippen molar-refractivity contribution in [3.05, 3.63) is 28.8 Å². The maximum atomic E-state index is 12.8. The van der Waals surface area contributed by atoms with Gasteiger partial charge in [0, 0.05) is 23.0 Å². The average Bonchev–Trinajstić information content (AvgIpc) is 2.39. The molecule has 1 atom stereocenters. The fourth-order valence-corrected chi connectivity index (χ4v) is 3.65. The Kier molecular flexibility index (Phi) is 3.61. The van der Waals surface area contributed by atoms with Gasteiger partial charge in [0.1, 0.15) is 11.4 Å². The van der Waals surface area contributed by atoms with Crippen molar-refractivity contribution in [1.82, 2.24) is 0 Å². The van der Waals surface area contributed by atoms with E-state index in [0.29, 0.717) is 30.0 Å². The fourth-order valence-electron chi connectivity index (χ4n) is 3.47. The third kappa shape index (κ3) is 2.86. The second-order valence-corrected chi connectivity index (χ2v) is 6.53. The molecule has 0 saturated heterocycles. The van der Waals surface area contributed by atoms with Crippen LogP contribution in [0.4, 0.5) is 13.2 Å². The van der Waals surface area contributed by atoms with Crippen LogP contribution in [0.25, 0.3) is 0 Å². The quantitative estimate of drug-likeness (QED) is 0.757. The Morgan fingerprint density at radius 1 is 1.24 bits per heavy atom. The third-order valence-corrected chi connectivity index (χ3v) is 4.88. The molecular formula is C15H17ClF3NO. The highest BCUT2D eigenvalue weighted by molar-refractivity contribution is 6.30. The third-order valence-electron chi connectivity index (χ3n) is 4.65. The van der Waals surface area contributed by atoms with Crippen molar-refractivity contribution >= 4 is 11.6 Å². The van der Waals surface area contributed by atoms with Gasteiger partial charge in [-0.05, 0) is 43.9 Å². The maximum absolute atomic E-state index is 12.8. The molecule has 0 amide bonds. The number of hydrogen-bond acceptors (Lipinski definition) is 2. The summed E-state index contributed by atoms with van der Waals surface area (Å²) in [4.78, 5) is 0. The number of alkyl halides is 3. The number of fused-ring (bicyclic) bond motifs is 1. The van der Waals surface area contributed by atoms with Gasteiger partial charge < -0.3 is 10.5 Å². The number of benzene rings is 1. The summed E-state index contributed by atoms with van der Waals surface area (Å²) in [5.41, 5.74) is 6.47. The van der Waals surface area contributed by atoms with E-state index in [1.54, 1.807) is 18.2 Å². The lowest BCUT2D eigenvalue weighted by atomic mass is 9.73. The van der Waals surface area contributed by atoms with Crippen LogP contribution in [-0.2, 0) is 0 Å². The first-order chi connectivity index (χ1) is 9.79. The molecule has 0 bridgehead atoms. The zero-order chi connectivity index (χ0) is 15.3. The van der Waals surface area contributed by atoms with Gasteiger partial charge in [-0.2, -0.15) is 13.2 Å². The number of halogens is 4. The standard InChI is InChI=1S/C15H17ClF3NO/c16-10-1-2-13-11(7-10)12(20)8-14(21-13)5-3-9(4-6-14)15(17,18)19/h1-2,7,9,12H,3-6,8,20H2/t9?,12-,14?/m0/s1. The van der Waals surface area contributed by atoms with E-state index < -0.39 is 17.7 Å². The molecule has 1 aliphatic heterocycles. The van der Waals surface area contributed by atoms with E-state index in [-0.39, 0.29) is 18.9 Å². The molecule has 1 aliphatic carbocycles. The zero-order valence-electron chi connectivity index (χ0n) is 11.4. The first-order valence-electron chi connectivity index (χ1n) is 7.10. The molecule has 3 rings (SSSR count). The second-order valence-electron chi connectivity index (χ2n) is 6.09. The number of ether oxygens (including phenoxy) is 1. The van der Waals surface area contributed by atoms with Crippen molar-refractivity contribution < 1.29 is 17.9 Å². The minimum Gasteiger partial charge on any atom is -0.487 e. The van der Waals surface area contributed by atoms with E-state index >= 15 is 0 Å². The highest BCUT2D eigenvalue weighted by Crippen LogP contribution is 2.49. The van der Waals surface area contributed by atoms with Crippen molar-refractivity contribution in [2.45, 2.75) is 49.9 Å². The summed E-state index contributed by atoms with van der Waals surface area (Å²) in [6, 6.07) is 5.01. The Balaban J connectivity index is 1.79. The number of hydrogen-bond donors (Lipinski definition) is 1. The van der Waals surface area contributed by atoms with Gasteiger partial charge in [-0.3, -0.25) is 0 Å². The molecule has 2 N–H and O–H groups in total. The Labute approximate surface area is 126 Å². The molecule has 1 spiro atoms. The molecule has 1 heterocycles. The van der Waals surface area contributed by atoms with Crippen LogP contribution in [0.2, 0.25) is 5.02 Å². The summed E-state index contributed by atoms with van der Waals surface area (Å²) in [6.45, 7) is 0. The van der Waals surface area contributed by atoms with E-state index in [1.807, 2.05) is 0 Å². The van der Waals surface area contributed by atoms with Crippen LogP contribution < -0.4 is 10.5 Å². The molecule has 6 heteroatoms. The molecule has 0 radical (unpaired) electrons. The van der Waals surface area contributed by atoms with E-state index in [2.05, 4.69) is 0 Å². The lowest BCUT2D eigenvalue weighted by Crippen LogP contribution is -2.47. The van der Waals surface area contributed by atoms with Gasteiger partial charge in [0.2, 0.25) is 0 Å². The molecule has 1 saturated carbocycles. The predicted octanol–water partition coefficient (Wildman–Crippen LogP) is 4.61. The Morgan fingerprint density at radius 2 is 1.90 bits per heavy atom. The van der Waals surface area contributed by atoms with Crippen molar-refractivity contribution in [2.75, 3.05) is 0 Å². The summed E-state index contributed by atoms with van der Waals surface area (Å²) in [5.74, 6) is -0.557. The van der Waals surface area contributed by atoms with Crippen LogP contribution in [0, 0.1) is 5.92 Å². The first-order valence-corrected chi connectivity index (χ1v) is 7.48. The van der Waals surface area contributed by atoms with Crippen molar-refractivity contribution in [3.8, 4) is 5.75 Å². The monoisotopic (exact) mass is 319 g/mol. The van der Waals surface area contributed by atoms with Crippen LogP contribution >= 0.6 is 11.6 Å². The Morgan fingerprint density at radius 3 is 2.52 bits per heavy atom. The van der Waals surface area contributed by atoms with E-state index in [9.17, 15) is 13.2 Å². The summed E-state index contributed by atoms with van der Waals surface area (Å²) in [7, 11) is 0. The summed E-state index contributed by atoms with van der Waals surface area (Å²) < 4.78 is 44.4. The molecule has 2 aliphatic rings. The molecule has 0 unspecified atom stereocenters. The molecule has 1 fully saturated rings. The van der Waals surface area contributed by atoms with E-state index in [0.717, 1.165) is 5.56 Å². The van der Waals surface area contributed by atoms with Gasteiger partial charge in [0.25, 0.3) is 0 Å². The Hall–Kier alpha value is -0.940. The van der Waals surface area contributed by atoms with Gasteiger partial charge in [0.15, 0.2) is 0 Å². The van der Waals surface area contributed by atoms with Gasteiger partial charge in [0.05, 0.1) is 5.92 Å². The Bertz CT molecular complexity index is 538. The van der Waals surface area contributed by atoms with Crippen LogP contribution in [0.5, 0.6) is 5.75 Å². The van der Waals surface area contributed by atoms with Gasteiger partial charge in [-0.25, -0.2) is 0 Å². The topological polar surface area (TPSA) is 35.2 Å². The van der Waals surface area contributed by atoms with Gasteiger partial charge >= 0.3 is 6.18 Å². The van der Waals surface area contributed by atoms with Crippen LogP contribution in [0.1, 0.15) is 43.7 Å². The summed E-state index contributed by atoms with van der Waals surface area (Å²) in [6.07, 6.45) is -2.55. The SMILES string of the molecule is N[C@H]1CC2(CCC(C(F)(F)F)CC2)Oc2ccc(Cl)cc21. The summed E-state index contributed by atoms with van der Waals surface area (Å²) in [5, 5.41) is 0.588. The van der Waals surface area contributed by atoms with Gasteiger partial charge in [-0.1, -0.05) is 11.6 Å². The average molecular weight is 320 g/mol. The first kappa shape index (κ1) is 15.0. The fraction of sp³-hybridized carbons (Fsp3) is 0.600. The molecular weight excluding hydrogens is 303 g/mol. The normalized spacial score (nSPS) is 32.6. The van der Waals surface area contributed by atoms with E-state index in [4.69, 9.17) is 22.1 Å². The smallest absolute Gasteiger partial charge is 0.391 e. The second kappa shape index (κ2) is 5.06. The lowest BCUT2D eigenvalue weighted by Gasteiger charge is -2.45. The van der Waals surface area contributed by atoms with Crippen molar-refractivity contribution in [1.29, 1.82) is 0 Å². The molecule has 2 nitrogen and oxygen atoms in total. The minimum atomic E-state index is -4.11. The highest BCUT2D eigenvalue weighted by Gasteiger charge is 2.49. The molecule has 21 heavy (non-hydrogen) atoms. The molecule has 116 valence electrons.